The van der Waals surface area contributed by atoms with Gasteiger partial charge in [-0.15, -0.1) is 0 Å². The molecule has 1 atom stereocenters. The molecular weight excluding hydrogens is 160 g/mol. The van der Waals surface area contributed by atoms with Gasteiger partial charge in [0.05, 0.1) is 0 Å². The van der Waals surface area contributed by atoms with E-state index in [2.05, 4.69) is 23.3 Å². The minimum atomic E-state index is 0.543. The molecule has 13 heavy (non-hydrogen) atoms. The Balaban J connectivity index is 2.14. The van der Waals surface area contributed by atoms with Gasteiger partial charge >= 0.3 is 0 Å². The first-order valence-corrected chi connectivity index (χ1v) is 5.01. The Labute approximate surface area is 79.4 Å². The van der Waals surface area contributed by atoms with Crippen molar-refractivity contribution in [2.45, 2.75) is 32.2 Å². The number of hydrogen-bond acceptors (Lipinski definition) is 2. The average molecular weight is 176 g/mol. The van der Waals surface area contributed by atoms with Gasteiger partial charge in [0.25, 0.3) is 0 Å². The van der Waals surface area contributed by atoms with Crippen molar-refractivity contribution in [3.05, 3.63) is 29.6 Å². The molecule has 1 N–H and O–H groups in total. The molecule has 1 aromatic rings. The topological polar surface area (TPSA) is 24.9 Å². The Bertz CT molecular complexity index is 277. The third-order valence-corrected chi connectivity index (χ3v) is 2.61. The molecule has 0 saturated carbocycles. The second-order valence-corrected chi connectivity index (χ2v) is 3.80. The number of pyridine rings is 1. The molecule has 2 rings (SSSR count). The zero-order valence-corrected chi connectivity index (χ0v) is 8.09. The number of piperidine rings is 1. The van der Waals surface area contributed by atoms with Gasteiger partial charge in [-0.1, -0.05) is 12.5 Å². The molecule has 0 aliphatic carbocycles. The van der Waals surface area contributed by atoms with E-state index in [0.29, 0.717) is 6.04 Å². The van der Waals surface area contributed by atoms with E-state index in [1.165, 1.54) is 30.4 Å². The van der Waals surface area contributed by atoms with E-state index < -0.39 is 0 Å². The van der Waals surface area contributed by atoms with Crippen LogP contribution in [-0.2, 0) is 0 Å². The largest absolute Gasteiger partial charge is 0.310 e. The van der Waals surface area contributed by atoms with E-state index in [4.69, 9.17) is 0 Å². The van der Waals surface area contributed by atoms with Crippen LogP contribution in [0.5, 0.6) is 0 Å². The first-order valence-electron chi connectivity index (χ1n) is 5.01. The lowest BCUT2D eigenvalue weighted by molar-refractivity contribution is 0.411. The first-order chi connectivity index (χ1) is 6.36. The van der Waals surface area contributed by atoms with Gasteiger partial charge < -0.3 is 5.32 Å². The molecule has 2 nitrogen and oxygen atoms in total. The molecule has 1 aromatic heterocycles. The normalized spacial score (nSPS) is 23.0. The Hall–Kier alpha value is -0.890. The molecule has 1 aliphatic rings. The number of aromatic nitrogens is 1. The second-order valence-electron chi connectivity index (χ2n) is 3.80. The van der Waals surface area contributed by atoms with Crippen LogP contribution in [0.3, 0.4) is 0 Å². The van der Waals surface area contributed by atoms with Crippen molar-refractivity contribution in [3.8, 4) is 0 Å². The summed E-state index contributed by atoms with van der Waals surface area (Å²) in [4.78, 5) is 4.22. The second kappa shape index (κ2) is 3.88. The SMILES string of the molecule is Cc1cncc(C2CCCCN2)c1. The molecule has 0 spiro atoms. The molecular formula is C11H16N2. The molecule has 70 valence electrons. The van der Waals surface area contributed by atoms with E-state index in [1.807, 2.05) is 12.4 Å². The van der Waals surface area contributed by atoms with Crippen molar-refractivity contribution in [3.63, 3.8) is 0 Å². The van der Waals surface area contributed by atoms with Crippen LogP contribution in [0.4, 0.5) is 0 Å². The monoisotopic (exact) mass is 176 g/mol. The lowest BCUT2D eigenvalue weighted by Crippen LogP contribution is -2.26. The molecule has 2 heterocycles. The molecule has 2 heteroatoms. The highest BCUT2D eigenvalue weighted by Gasteiger charge is 2.14. The summed E-state index contributed by atoms with van der Waals surface area (Å²) in [5.74, 6) is 0. The zero-order chi connectivity index (χ0) is 9.10. The van der Waals surface area contributed by atoms with E-state index in [1.54, 1.807) is 0 Å². The Kier molecular flexibility index (Phi) is 2.60. The van der Waals surface area contributed by atoms with Crippen LogP contribution in [0.1, 0.15) is 36.4 Å². The highest BCUT2D eigenvalue weighted by molar-refractivity contribution is 5.20. The summed E-state index contributed by atoms with van der Waals surface area (Å²) in [6.07, 6.45) is 7.80. The average Bonchev–Trinajstić information content (AvgIpc) is 2.19. The minimum Gasteiger partial charge on any atom is -0.310 e. The number of aryl methyl sites for hydroxylation is 1. The Morgan fingerprint density at radius 2 is 2.31 bits per heavy atom. The number of nitrogens with one attached hydrogen (secondary N) is 1. The van der Waals surface area contributed by atoms with E-state index in [0.717, 1.165) is 6.54 Å². The Morgan fingerprint density at radius 1 is 1.38 bits per heavy atom. The van der Waals surface area contributed by atoms with Crippen LogP contribution in [0.2, 0.25) is 0 Å². The lowest BCUT2D eigenvalue weighted by atomic mass is 9.98. The maximum atomic E-state index is 4.22. The van der Waals surface area contributed by atoms with Crippen molar-refractivity contribution in [2.75, 3.05) is 6.54 Å². The molecule has 1 fully saturated rings. The van der Waals surface area contributed by atoms with E-state index >= 15 is 0 Å². The third kappa shape index (κ3) is 2.07. The first kappa shape index (κ1) is 8.70. The summed E-state index contributed by atoms with van der Waals surface area (Å²) in [5, 5.41) is 3.52. The highest BCUT2D eigenvalue weighted by Crippen LogP contribution is 2.22. The molecule has 0 aromatic carbocycles. The van der Waals surface area contributed by atoms with Crippen molar-refractivity contribution >= 4 is 0 Å². The molecule has 1 saturated heterocycles. The van der Waals surface area contributed by atoms with Crippen molar-refractivity contribution in [2.24, 2.45) is 0 Å². The van der Waals surface area contributed by atoms with Gasteiger partial charge in [-0.25, -0.2) is 0 Å². The molecule has 0 radical (unpaired) electrons. The third-order valence-electron chi connectivity index (χ3n) is 2.61. The van der Waals surface area contributed by atoms with Gasteiger partial charge in [0.15, 0.2) is 0 Å². The van der Waals surface area contributed by atoms with Crippen LogP contribution in [-0.4, -0.2) is 11.5 Å². The summed E-state index contributed by atoms with van der Waals surface area (Å²) in [5.41, 5.74) is 2.60. The van der Waals surface area contributed by atoms with Crippen LogP contribution in [0.15, 0.2) is 18.5 Å². The van der Waals surface area contributed by atoms with Crippen LogP contribution in [0.25, 0.3) is 0 Å². The molecule has 1 aliphatic heterocycles. The maximum Gasteiger partial charge on any atom is 0.0335 e. The summed E-state index contributed by atoms with van der Waals surface area (Å²) in [6.45, 7) is 3.25. The summed E-state index contributed by atoms with van der Waals surface area (Å²) < 4.78 is 0. The maximum absolute atomic E-state index is 4.22. The van der Waals surface area contributed by atoms with Gasteiger partial charge in [0.1, 0.15) is 0 Å². The van der Waals surface area contributed by atoms with Crippen molar-refractivity contribution in [1.29, 1.82) is 0 Å². The summed E-state index contributed by atoms with van der Waals surface area (Å²) >= 11 is 0. The van der Waals surface area contributed by atoms with Crippen molar-refractivity contribution in [1.82, 2.24) is 10.3 Å². The lowest BCUT2D eigenvalue weighted by Gasteiger charge is -2.23. The minimum absolute atomic E-state index is 0.543. The number of hydrogen-bond donors (Lipinski definition) is 1. The van der Waals surface area contributed by atoms with Gasteiger partial charge in [-0.2, -0.15) is 0 Å². The highest BCUT2D eigenvalue weighted by atomic mass is 14.9. The fourth-order valence-corrected chi connectivity index (χ4v) is 1.91. The standard InChI is InChI=1S/C11H16N2/c1-9-6-10(8-12-7-9)11-4-2-3-5-13-11/h6-8,11,13H,2-5H2,1H3. The van der Waals surface area contributed by atoms with Gasteiger partial charge in [-0.3, -0.25) is 4.98 Å². The summed E-state index contributed by atoms with van der Waals surface area (Å²) in [7, 11) is 0. The van der Waals surface area contributed by atoms with Crippen LogP contribution < -0.4 is 5.32 Å². The summed E-state index contributed by atoms with van der Waals surface area (Å²) in [6, 6.07) is 2.77. The predicted molar refractivity (Wildman–Crippen MR) is 53.6 cm³/mol. The molecule has 0 amide bonds. The fraction of sp³-hybridized carbons (Fsp3) is 0.545. The van der Waals surface area contributed by atoms with E-state index in [9.17, 15) is 0 Å². The molecule has 1 unspecified atom stereocenters. The van der Waals surface area contributed by atoms with Gasteiger partial charge in [0.2, 0.25) is 0 Å². The fourth-order valence-electron chi connectivity index (χ4n) is 1.91. The van der Waals surface area contributed by atoms with Crippen LogP contribution >= 0.6 is 0 Å². The Morgan fingerprint density at radius 3 is 3.00 bits per heavy atom. The number of nitrogens with zero attached hydrogens (tertiary/aromatic N) is 1. The van der Waals surface area contributed by atoms with Gasteiger partial charge in [0, 0.05) is 18.4 Å². The number of rotatable bonds is 1. The predicted octanol–water partition coefficient (Wildman–Crippen LogP) is 2.20. The molecule has 0 bridgehead atoms. The smallest absolute Gasteiger partial charge is 0.0335 e. The van der Waals surface area contributed by atoms with Crippen molar-refractivity contribution < 1.29 is 0 Å². The zero-order valence-electron chi connectivity index (χ0n) is 8.09. The van der Waals surface area contributed by atoms with Gasteiger partial charge in [-0.05, 0) is 37.4 Å². The van der Waals surface area contributed by atoms with Crippen LogP contribution in [0, 0.1) is 6.92 Å². The quantitative estimate of drug-likeness (QED) is 0.709. The van der Waals surface area contributed by atoms with E-state index in [-0.39, 0.29) is 0 Å².